The number of ketones is 1. The summed E-state index contributed by atoms with van der Waals surface area (Å²) in [6.07, 6.45) is 1.44. The van der Waals surface area contributed by atoms with Crippen molar-refractivity contribution in [3.05, 3.63) is 82.4 Å². The molecule has 6 nitrogen and oxygen atoms in total. The van der Waals surface area contributed by atoms with Crippen LogP contribution in [0.4, 0.5) is 5.69 Å². The van der Waals surface area contributed by atoms with Crippen LogP contribution in [0.15, 0.2) is 65.7 Å². The van der Waals surface area contributed by atoms with Gasteiger partial charge in [0, 0.05) is 21.5 Å². The lowest BCUT2D eigenvalue weighted by Gasteiger charge is -2.17. The van der Waals surface area contributed by atoms with Crippen LogP contribution in [0.2, 0.25) is 0 Å². The Morgan fingerprint density at radius 3 is 2.33 bits per heavy atom. The maximum absolute atomic E-state index is 13.2. The van der Waals surface area contributed by atoms with Gasteiger partial charge in [-0.05, 0) is 42.3 Å². The molecule has 1 amide bonds. The van der Waals surface area contributed by atoms with E-state index in [4.69, 9.17) is 0 Å². The van der Waals surface area contributed by atoms with Gasteiger partial charge in [0.25, 0.3) is 5.56 Å². The van der Waals surface area contributed by atoms with E-state index in [1.807, 2.05) is 58.0 Å². The van der Waals surface area contributed by atoms with Crippen molar-refractivity contribution in [1.29, 1.82) is 0 Å². The summed E-state index contributed by atoms with van der Waals surface area (Å²) < 4.78 is 1.36. The minimum atomic E-state index is -0.512. The van der Waals surface area contributed by atoms with Gasteiger partial charge >= 0.3 is 0 Å². The number of Topliss-reactive ketones (excluding diaryl/α,β-unsaturated/α-hetero) is 1. The zero-order chi connectivity index (χ0) is 23.8. The molecule has 0 saturated carbocycles. The molecule has 0 spiro atoms. The van der Waals surface area contributed by atoms with E-state index in [2.05, 4.69) is 10.3 Å². The SMILES string of the molecule is Cc1c(-c2ccccc2)sc2ncn(CC(=O)c3ccc(NC(=O)C(C)(C)C)cc3)c(=O)c12. The number of aromatic nitrogens is 2. The minimum absolute atomic E-state index is 0.103. The van der Waals surface area contributed by atoms with Crippen molar-refractivity contribution in [3.8, 4) is 10.4 Å². The topological polar surface area (TPSA) is 81.1 Å². The van der Waals surface area contributed by atoms with E-state index in [1.165, 1.54) is 22.2 Å². The number of thiophene rings is 1. The Morgan fingerprint density at radius 2 is 1.70 bits per heavy atom. The average Bonchev–Trinajstić information content (AvgIpc) is 3.13. The van der Waals surface area contributed by atoms with Crippen LogP contribution in [-0.4, -0.2) is 21.2 Å². The highest BCUT2D eigenvalue weighted by Gasteiger charge is 2.21. The lowest BCUT2D eigenvalue weighted by Crippen LogP contribution is -2.27. The first-order valence-corrected chi connectivity index (χ1v) is 11.5. The quantitative estimate of drug-likeness (QED) is 0.411. The van der Waals surface area contributed by atoms with Crippen LogP contribution in [0, 0.1) is 12.3 Å². The molecule has 0 fully saturated rings. The summed E-state index contributed by atoms with van der Waals surface area (Å²) in [4.78, 5) is 44.3. The Morgan fingerprint density at radius 1 is 1.03 bits per heavy atom. The highest BCUT2D eigenvalue weighted by atomic mass is 32.1. The fourth-order valence-corrected chi connectivity index (χ4v) is 4.59. The maximum Gasteiger partial charge on any atom is 0.262 e. The fourth-order valence-electron chi connectivity index (χ4n) is 3.44. The third-order valence-electron chi connectivity index (χ3n) is 5.41. The molecule has 0 unspecified atom stereocenters. The Kier molecular flexibility index (Phi) is 5.99. The smallest absolute Gasteiger partial charge is 0.262 e. The van der Waals surface area contributed by atoms with Crippen molar-refractivity contribution >= 4 is 38.9 Å². The normalized spacial score (nSPS) is 11.5. The van der Waals surface area contributed by atoms with E-state index < -0.39 is 5.41 Å². The number of fused-ring (bicyclic) bond motifs is 1. The van der Waals surface area contributed by atoms with Crippen LogP contribution in [0.3, 0.4) is 0 Å². The van der Waals surface area contributed by atoms with Crippen LogP contribution in [-0.2, 0) is 11.3 Å². The molecule has 0 atom stereocenters. The molecule has 0 aliphatic carbocycles. The van der Waals surface area contributed by atoms with E-state index in [0.29, 0.717) is 21.5 Å². The molecule has 0 bridgehead atoms. The van der Waals surface area contributed by atoms with Gasteiger partial charge in [0.2, 0.25) is 5.91 Å². The first kappa shape index (κ1) is 22.6. The molecule has 33 heavy (non-hydrogen) atoms. The minimum Gasteiger partial charge on any atom is -0.326 e. The van der Waals surface area contributed by atoms with Gasteiger partial charge in [-0.3, -0.25) is 19.0 Å². The molecule has 0 radical (unpaired) electrons. The summed E-state index contributed by atoms with van der Waals surface area (Å²) in [6, 6.07) is 16.6. The number of anilines is 1. The van der Waals surface area contributed by atoms with Crippen LogP contribution >= 0.6 is 11.3 Å². The number of nitrogens with one attached hydrogen (secondary N) is 1. The van der Waals surface area contributed by atoms with Crippen molar-refractivity contribution in [2.24, 2.45) is 5.41 Å². The van der Waals surface area contributed by atoms with Crippen molar-refractivity contribution < 1.29 is 9.59 Å². The summed E-state index contributed by atoms with van der Waals surface area (Å²) in [7, 11) is 0. The number of benzene rings is 2. The summed E-state index contributed by atoms with van der Waals surface area (Å²) in [5.41, 5.74) is 2.26. The average molecular weight is 460 g/mol. The predicted molar refractivity (Wildman–Crippen MR) is 133 cm³/mol. The Hall–Kier alpha value is -3.58. The molecule has 168 valence electrons. The first-order valence-electron chi connectivity index (χ1n) is 10.6. The van der Waals surface area contributed by atoms with Gasteiger partial charge in [0.05, 0.1) is 18.3 Å². The summed E-state index contributed by atoms with van der Waals surface area (Å²) >= 11 is 1.48. The Bertz CT molecular complexity index is 1400. The lowest BCUT2D eigenvalue weighted by atomic mass is 9.95. The third kappa shape index (κ3) is 4.64. The molecule has 0 aliphatic rings. The third-order valence-corrected chi connectivity index (χ3v) is 6.66. The van der Waals surface area contributed by atoms with Crippen LogP contribution in [0.25, 0.3) is 20.7 Å². The molecule has 4 aromatic rings. The van der Waals surface area contributed by atoms with Gasteiger partial charge in [0.1, 0.15) is 4.83 Å². The molecule has 1 N–H and O–H groups in total. The molecule has 2 heterocycles. The van der Waals surface area contributed by atoms with Gasteiger partial charge in [-0.2, -0.15) is 0 Å². The number of rotatable bonds is 5. The molecule has 2 aromatic carbocycles. The fraction of sp³-hybridized carbons (Fsp3) is 0.231. The van der Waals surface area contributed by atoms with Crippen molar-refractivity contribution in [3.63, 3.8) is 0 Å². The Balaban J connectivity index is 1.57. The van der Waals surface area contributed by atoms with Crippen molar-refractivity contribution in [2.45, 2.75) is 34.2 Å². The monoisotopic (exact) mass is 459 g/mol. The number of carbonyl (C=O) groups is 2. The number of carbonyl (C=O) groups excluding carboxylic acids is 2. The van der Waals surface area contributed by atoms with Gasteiger partial charge in [-0.15, -0.1) is 11.3 Å². The first-order chi connectivity index (χ1) is 15.6. The summed E-state index contributed by atoms with van der Waals surface area (Å²) in [5.74, 6) is -0.309. The van der Waals surface area contributed by atoms with Gasteiger partial charge in [-0.1, -0.05) is 51.1 Å². The van der Waals surface area contributed by atoms with Crippen LogP contribution < -0.4 is 10.9 Å². The van der Waals surface area contributed by atoms with Gasteiger partial charge < -0.3 is 5.32 Å². The second kappa shape index (κ2) is 8.75. The molecular formula is C26H25N3O3S. The molecule has 0 saturated heterocycles. The molecule has 2 aromatic heterocycles. The molecule has 7 heteroatoms. The number of nitrogens with zero attached hydrogens (tertiary/aromatic N) is 2. The Labute approximate surface area is 195 Å². The summed E-state index contributed by atoms with van der Waals surface area (Å²) in [6.45, 7) is 7.31. The zero-order valence-electron chi connectivity index (χ0n) is 19.0. The number of hydrogen-bond donors (Lipinski definition) is 1. The summed E-state index contributed by atoms with van der Waals surface area (Å²) in [5, 5.41) is 3.39. The maximum atomic E-state index is 13.2. The van der Waals surface area contributed by atoms with E-state index in [-0.39, 0.29) is 23.8 Å². The lowest BCUT2D eigenvalue weighted by molar-refractivity contribution is -0.123. The number of amides is 1. The second-order valence-corrected chi connectivity index (χ2v) is 9.98. The molecule has 4 rings (SSSR count). The van der Waals surface area contributed by atoms with E-state index >= 15 is 0 Å². The van der Waals surface area contributed by atoms with Crippen molar-refractivity contribution in [1.82, 2.24) is 9.55 Å². The van der Waals surface area contributed by atoms with E-state index in [9.17, 15) is 14.4 Å². The highest BCUT2D eigenvalue weighted by Crippen LogP contribution is 2.35. The molecule has 0 aliphatic heterocycles. The van der Waals surface area contributed by atoms with E-state index in [0.717, 1.165) is 16.0 Å². The van der Waals surface area contributed by atoms with Crippen LogP contribution in [0.5, 0.6) is 0 Å². The standard InChI is InChI=1S/C26H25N3O3S/c1-16-21-23(33-22(16)18-8-6-5-7-9-18)27-15-29(24(21)31)14-20(30)17-10-12-19(13-11-17)28-25(32)26(2,3)4/h5-13,15H,14H2,1-4H3,(H,28,32). The second-order valence-electron chi connectivity index (χ2n) is 8.98. The zero-order valence-corrected chi connectivity index (χ0v) is 19.8. The van der Waals surface area contributed by atoms with E-state index in [1.54, 1.807) is 24.3 Å². The predicted octanol–water partition coefficient (Wildman–Crippen LogP) is 5.30. The van der Waals surface area contributed by atoms with Crippen molar-refractivity contribution in [2.75, 3.05) is 5.32 Å². The number of aryl methyl sites for hydroxylation is 1. The van der Waals surface area contributed by atoms with Gasteiger partial charge in [-0.25, -0.2) is 4.98 Å². The number of hydrogen-bond acceptors (Lipinski definition) is 5. The molecular weight excluding hydrogens is 434 g/mol. The van der Waals surface area contributed by atoms with Gasteiger partial charge in [0.15, 0.2) is 5.78 Å². The van der Waals surface area contributed by atoms with Crippen LogP contribution in [0.1, 0.15) is 36.7 Å². The highest BCUT2D eigenvalue weighted by molar-refractivity contribution is 7.22. The largest absolute Gasteiger partial charge is 0.326 e.